The lowest BCUT2D eigenvalue weighted by atomic mass is 10.1. The fourth-order valence-electron chi connectivity index (χ4n) is 1.44. The van der Waals surface area contributed by atoms with E-state index in [-0.39, 0.29) is 5.97 Å². The van der Waals surface area contributed by atoms with Gasteiger partial charge in [0.25, 0.3) is 0 Å². The predicted octanol–water partition coefficient (Wildman–Crippen LogP) is 1.51. The molecule has 0 fully saturated rings. The standard InChI is InChI=1S/C9H10O3/c1-6-5-7-8(12-6)3-2-4-11-9(7)10/h1-5H2. The van der Waals surface area contributed by atoms with Gasteiger partial charge in [-0.15, -0.1) is 0 Å². The van der Waals surface area contributed by atoms with Crippen molar-refractivity contribution in [2.75, 3.05) is 6.61 Å². The first-order valence-corrected chi connectivity index (χ1v) is 4.02. The van der Waals surface area contributed by atoms with Crippen molar-refractivity contribution in [1.29, 1.82) is 0 Å². The van der Waals surface area contributed by atoms with Crippen LogP contribution in [-0.2, 0) is 14.3 Å². The summed E-state index contributed by atoms with van der Waals surface area (Å²) in [5, 5.41) is 0. The molecule has 0 saturated carbocycles. The van der Waals surface area contributed by atoms with Crippen molar-refractivity contribution in [3.63, 3.8) is 0 Å². The van der Waals surface area contributed by atoms with E-state index in [1.54, 1.807) is 0 Å². The molecule has 3 heteroatoms. The van der Waals surface area contributed by atoms with E-state index in [4.69, 9.17) is 9.47 Å². The highest BCUT2D eigenvalue weighted by Crippen LogP contribution is 2.32. The zero-order valence-electron chi connectivity index (χ0n) is 6.76. The van der Waals surface area contributed by atoms with Gasteiger partial charge in [0.2, 0.25) is 0 Å². The number of hydrogen-bond acceptors (Lipinski definition) is 3. The van der Waals surface area contributed by atoms with E-state index in [1.807, 2.05) is 0 Å². The fraction of sp³-hybridized carbons (Fsp3) is 0.444. The summed E-state index contributed by atoms with van der Waals surface area (Å²) in [5.41, 5.74) is 0.664. The van der Waals surface area contributed by atoms with E-state index in [1.165, 1.54) is 0 Å². The summed E-state index contributed by atoms with van der Waals surface area (Å²) in [7, 11) is 0. The van der Waals surface area contributed by atoms with Crippen molar-refractivity contribution in [1.82, 2.24) is 0 Å². The molecule has 0 aromatic rings. The molecule has 0 radical (unpaired) electrons. The van der Waals surface area contributed by atoms with Gasteiger partial charge in [-0.1, -0.05) is 6.58 Å². The Hall–Kier alpha value is -1.25. The van der Waals surface area contributed by atoms with Gasteiger partial charge >= 0.3 is 5.97 Å². The van der Waals surface area contributed by atoms with E-state index in [2.05, 4.69) is 6.58 Å². The van der Waals surface area contributed by atoms with Crippen molar-refractivity contribution >= 4 is 5.97 Å². The minimum Gasteiger partial charge on any atom is -0.466 e. The largest absolute Gasteiger partial charge is 0.466 e. The summed E-state index contributed by atoms with van der Waals surface area (Å²) in [5.74, 6) is 1.18. The molecule has 0 unspecified atom stereocenters. The third-order valence-corrected chi connectivity index (χ3v) is 2.01. The van der Waals surface area contributed by atoms with Crippen LogP contribution in [0.4, 0.5) is 0 Å². The molecule has 2 heterocycles. The van der Waals surface area contributed by atoms with E-state index in [0.717, 1.165) is 18.6 Å². The molecule has 0 saturated heterocycles. The van der Waals surface area contributed by atoms with Gasteiger partial charge in [-0.2, -0.15) is 0 Å². The Bertz CT molecular complexity index is 275. The highest BCUT2D eigenvalue weighted by molar-refractivity contribution is 5.90. The number of esters is 1. The number of ether oxygens (including phenoxy) is 2. The van der Waals surface area contributed by atoms with Crippen LogP contribution in [0.15, 0.2) is 23.7 Å². The first-order valence-electron chi connectivity index (χ1n) is 4.02. The molecular weight excluding hydrogens is 156 g/mol. The maximum Gasteiger partial charge on any atom is 0.337 e. The number of carbonyl (C=O) groups excluding carboxylic acids is 1. The second-order valence-electron chi connectivity index (χ2n) is 2.96. The third-order valence-electron chi connectivity index (χ3n) is 2.01. The van der Waals surface area contributed by atoms with Crippen molar-refractivity contribution in [3.8, 4) is 0 Å². The second-order valence-corrected chi connectivity index (χ2v) is 2.96. The first-order chi connectivity index (χ1) is 5.77. The molecule has 0 bridgehead atoms. The Kier molecular flexibility index (Phi) is 1.64. The summed E-state index contributed by atoms with van der Waals surface area (Å²) in [6, 6.07) is 0. The number of allylic oxidation sites excluding steroid dienone is 2. The molecule has 2 rings (SSSR count). The minimum atomic E-state index is -0.235. The van der Waals surface area contributed by atoms with Crippen molar-refractivity contribution < 1.29 is 14.3 Å². The van der Waals surface area contributed by atoms with Gasteiger partial charge < -0.3 is 9.47 Å². The average Bonchev–Trinajstić information content (AvgIpc) is 2.33. The molecule has 2 aliphatic rings. The second kappa shape index (κ2) is 2.66. The highest BCUT2D eigenvalue weighted by Gasteiger charge is 2.28. The molecular formula is C9H10O3. The molecule has 64 valence electrons. The predicted molar refractivity (Wildman–Crippen MR) is 42.1 cm³/mol. The Labute approximate surface area is 70.7 Å². The van der Waals surface area contributed by atoms with E-state index < -0.39 is 0 Å². The molecule has 2 aliphatic heterocycles. The van der Waals surface area contributed by atoms with E-state index in [9.17, 15) is 4.79 Å². The zero-order valence-corrected chi connectivity index (χ0v) is 6.76. The number of cyclic esters (lactones) is 1. The van der Waals surface area contributed by atoms with Crippen LogP contribution in [-0.4, -0.2) is 12.6 Å². The van der Waals surface area contributed by atoms with Gasteiger partial charge in [0.05, 0.1) is 12.2 Å². The fourth-order valence-corrected chi connectivity index (χ4v) is 1.44. The summed E-state index contributed by atoms with van der Waals surface area (Å²) < 4.78 is 10.2. The van der Waals surface area contributed by atoms with Crippen molar-refractivity contribution in [2.45, 2.75) is 19.3 Å². The van der Waals surface area contributed by atoms with Crippen LogP contribution >= 0.6 is 0 Å². The van der Waals surface area contributed by atoms with Gasteiger partial charge in [0.15, 0.2) is 0 Å². The van der Waals surface area contributed by atoms with Crippen LogP contribution in [0.1, 0.15) is 19.3 Å². The molecule has 0 N–H and O–H groups in total. The molecule has 0 amide bonds. The van der Waals surface area contributed by atoms with Crippen LogP contribution in [0.3, 0.4) is 0 Å². The Balaban J connectivity index is 2.27. The van der Waals surface area contributed by atoms with Crippen LogP contribution < -0.4 is 0 Å². The Morgan fingerprint density at radius 3 is 3.08 bits per heavy atom. The highest BCUT2D eigenvalue weighted by atomic mass is 16.5. The molecule has 0 aromatic heterocycles. The van der Waals surface area contributed by atoms with Gasteiger partial charge in [-0.3, -0.25) is 0 Å². The van der Waals surface area contributed by atoms with Crippen LogP contribution in [0.2, 0.25) is 0 Å². The third kappa shape index (κ3) is 1.11. The normalized spacial score (nSPS) is 23.0. The quantitative estimate of drug-likeness (QED) is 0.512. The first kappa shape index (κ1) is 7.40. The van der Waals surface area contributed by atoms with Crippen LogP contribution in [0.25, 0.3) is 0 Å². The van der Waals surface area contributed by atoms with Gasteiger partial charge in [0, 0.05) is 12.8 Å². The number of rotatable bonds is 0. The van der Waals surface area contributed by atoms with Crippen molar-refractivity contribution in [3.05, 3.63) is 23.7 Å². The topological polar surface area (TPSA) is 35.5 Å². The lowest BCUT2D eigenvalue weighted by Crippen LogP contribution is -2.05. The average molecular weight is 166 g/mol. The van der Waals surface area contributed by atoms with Gasteiger partial charge in [-0.05, 0) is 6.42 Å². The smallest absolute Gasteiger partial charge is 0.337 e. The van der Waals surface area contributed by atoms with Crippen LogP contribution in [0, 0.1) is 0 Å². The minimum absolute atomic E-state index is 0.235. The Morgan fingerprint density at radius 1 is 1.42 bits per heavy atom. The lowest BCUT2D eigenvalue weighted by molar-refractivity contribution is -0.138. The van der Waals surface area contributed by atoms with Crippen molar-refractivity contribution in [2.24, 2.45) is 0 Å². The molecule has 0 atom stereocenters. The summed E-state index contributed by atoms with van der Waals surface area (Å²) in [4.78, 5) is 11.2. The van der Waals surface area contributed by atoms with E-state index >= 15 is 0 Å². The summed E-state index contributed by atoms with van der Waals surface area (Å²) in [6.45, 7) is 4.17. The summed E-state index contributed by atoms with van der Waals surface area (Å²) >= 11 is 0. The number of carbonyl (C=O) groups is 1. The number of hydrogen-bond donors (Lipinski definition) is 0. The maximum atomic E-state index is 11.2. The Morgan fingerprint density at radius 2 is 2.25 bits per heavy atom. The zero-order chi connectivity index (χ0) is 8.55. The summed E-state index contributed by atoms with van der Waals surface area (Å²) in [6.07, 6.45) is 2.16. The maximum absolute atomic E-state index is 11.2. The van der Waals surface area contributed by atoms with Gasteiger partial charge in [-0.25, -0.2) is 4.79 Å². The van der Waals surface area contributed by atoms with Gasteiger partial charge in [0.1, 0.15) is 11.5 Å². The molecule has 0 spiro atoms. The lowest BCUT2D eigenvalue weighted by Gasteiger charge is -2.01. The SMILES string of the molecule is C=C1CC2=C(CCCOC2=O)O1. The molecule has 12 heavy (non-hydrogen) atoms. The molecule has 3 nitrogen and oxygen atoms in total. The molecule has 0 aromatic carbocycles. The molecule has 0 aliphatic carbocycles. The van der Waals surface area contributed by atoms with Crippen LogP contribution in [0.5, 0.6) is 0 Å². The monoisotopic (exact) mass is 166 g/mol. The van der Waals surface area contributed by atoms with E-state index in [0.29, 0.717) is 24.4 Å².